The molecule has 0 saturated carbocycles. The maximum Gasteiger partial charge on any atom is 0.243 e. The predicted octanol–water partition coefficient (Wildman–Crippen LogP) is 3.63. The molecule has 3 aromatic rings. The van der Waals surface area contributed by atoms with Gasteiger partial charge in [-0.05, 0) is 42.3 Å². The number of benzene rings is 2. The van der Waals surface area contributed by atoms with Crippen LogP contribution in [0.25, 0.3) is 10.2 Å². The fourth-order valence-corrected chi connectivity index (χ4v) is 5.63. The smallest absolute Gasteiger partial charge is 0.243 e. The number of thiazole rings is 1. The van der Waals surface area contributed by atoms with Crippen molar-refractivity contribution in [3.05, 3.63) is 53.1 Å². The summed E-state index contributed by atoms with van der Waals surface area (Å²) in [6.07, 6.45) is 0.772. The molecule has 148 valence electrons. The number of nitrogens with one attached hydrogen (secondary N) is 1. The second-order valence-electron chi connectivity index (χ2n) is 6.47. The van der Waals surface area contributed by atoms with Gasteiger partial charge in [0.05, 0.1) is 28.3 Å². The van der Waals surface area contributed by atoms with Gasteiger partial charge in [0.1, 0.15) is 0 Å². The van der Waals surface area contributed by atoms with Crippen molar-refractivity contribution in [3.8, 4) is 0 Å². The van der Waals surface area contributed by atoms with Crippen molar-refractivity contribution in [3.63, 3.8) is 0 Å². The zero-order valence-corrected chi connectivity index (χ0v) is 17.5. The van der Waals surface area contributed by atoms with Crippen molar-refractivity contribution in [2.45, 2.75) is 11.3 Å². The molecule has 1 aliphatic rings. The molecule has 0 radical (unpaired) electrons. The molecule has 1 saturated heterocycles. The van der Waals surface area contributed by atoms with Gasteiger partial charge >= 0.3 is 0 Å². The fourth-order valence-electron chi connectivity index (χ4n) is 3.05. The van der Waals surface area contributed by atoms with Gasteiger partial charge in [-0.25, -0.2) is 13.4 Å². The zero-order valence-electron chi connectivity index (χ0n) is 15.1. The second kappa shape index (κ2) is 8.34. The number of hydrogen-bond acceptors (Lipinski definition) is 6. The first-order valence-corrected chi connectivity index (χ1v) is 11.6. The Hall–Kier alpha value is -1.71. The van der Waals surface area contributed by atoms with Gasteiger partial charge in [-0.3, -0.25) is 0 Å². The molecule has 1 N–H and O–H groups in total. The SMILES string of the molecule is O=S(=O)(c1ccc(CCNc2nc3ccc(Cl)cc3s2)cc1)N1CCOCC1. The molecule has 0 unspecified atom stereocenters. The molecule has 6 nitrogen and oxygen atoms in total. The minimum Gasteiger partial charge on any atom is -0.379 e. The van der Waals surface area contributed by atoms with Crippen LogP contribution in [0.5, 0.6) is 0 Å². The molecule has 0 amide bonds. The van der Waals surface area contributed by atoms with Gasteiger partial charge in [-0.15, -0.1) is 0 Å². The molecule has 1 aromatic heterocycles. The highest BCUT2D eigenvalue weighted by molar-refractivity contribution is 7.89. The molecule has 2 heterocycles. The molecule has 0 bridgehead atoms. The molecule has 0 spiro atoms. The van der Waals surface area contributed by atoms with E-state index in [1.54, 1.807) is 23.5 Å². The number of rotatable bonds is 6. The van der Waals surface area contributed by atoms with Crippen LogP contribution in [0.2, 0.25) is 5.02 Å². The minimum atomic E-state index is -3.44. The van der Waals surface area contributed by atoms with Crippen molar-refractivity contribution in [1.29, 1.82) is 0 Å². The number of fused-ring (bicyclic) bond motifs is 1. The third-order valence-electron chi connectivity index (χ3n) is 4.57. The lowest BCUT2D eigenvalue weighted by atomic mass is 10.1. The minimum absolute atomic E-state index is 0.328. The van der Waals surface area contributed by atoms with Crippen LogP contribution >= 0.6 is 22.9 Å². The van der Waals surface area contributed by atoms with Gasteiger partial charge in [0.15, 0.2) is 5.13 Å². The Balaban J connectivity index is 1.36. The summed E-state index contributed by atoms with van der Waals surface area (Å²) in [4.78, 5) is 4.86. The summed E-state index contributed by atoms with van der Waals surface area (Å²) in [6.45, 7) is 2.41. The molecule has 0 atom stereocenters. The molecule has 9 heteroatoms. The average molecular weight is 438 g/mol. The topological polar surface area (TPSA) is 71.5 Å². The van der Waals surface area contributed by atoms with E-state index in [9.17, 15) is 8.42 Å². The van der Waals surface area contributed by atoms with E-state index in [-0.39, 0.29) is 0 Å². The number of hydrogen-bond donors (Lipinski definition) is 1. The van der Waals surface area contributed by atoms with Crippen molar-refractivity contribution < 1.29 is 13.2 Å². The molecule has 0 aliphatic carbocycles. The van der Waals surface area contributed by atoms with Crippen molar-refractivity contribution in [1.82, 2.24) is 9.29 Å². The summed E-state index contributed by atoms with van der Waals surface area (Å²) in [5.41, 5.74) is 1.99. The highest BCUT2D eigenvalue weighted by atomic mass is 35.5. The van der Waals surface area contributed by atoms with Crippen LogP contribution in [0.1, 0.15) is 5.56 Å². The van der Waals surface area contributed by atoms with Crippen LogP contribution in [0, 0.1) is 0 Å². The highest BCUT2D eigenvalue weighted by Crippen LogP contribution is 2.28. The van der Waals surface area contributed by atoms with Crippen molar-refractivity contribution in [2.75, 3.05) is 38.2 Å². The molecule has 1 aliphatic heterocycles. The number of sulfonamides is 1. The van der Waals surface area contributed by atoms with Crippen LogP contribution in [0.3, 0.4) is 0 Å². The van der Waals surface area contributed by atoms with E-state index in [4.69, 9.17) is 16.3 Å². The largest absolute Gasteiger partial charge is 0.379 e. The number of nitrogens with zero attached hydrogens (tertiary/aromatic N) is 2. The third-order valence-corrected chi connectivity index (χ3v) is 7.70. The average Bonchev–Trinajstić information content (AvgIpc) is 3.11. The van der Waals surface area contributed by atoms with E-state index in [1.807, 2.05) is 30.3 Å². The van der Waals surface area contributed by atoms with Crippen LogP contribution in [0.15, 0.2) is 47.4 Å². The van der Waals surface area contributed by atoms with Gasteiger partial charge < -0.3 is 10.1 Å². The zero-order chi connectivity index (χ0) is 19.6. The molecular formula is C19H20ClN3O3S2. The fraction of sp³-hybridized carbons (Fsp3) is 0.316. The summed E-state index contributed by atoms with van der Waals surface area (Å²) >= 11 is 7.58. The molecule has 2 aromatic carbocycles. The first kappa shape index (κ1) is 19.6. The predicted molar refractivity (Wildman–Crippen MR) is 113 cm³/mol. The van der Waals surface area contributed by atoms with Crippen LogP contribution in [-0.4, -0.2) is 50.6 Å². The van der Waals surface area contributed by atoms with E-state index in [2.05, 4.69) is 10.3 Å². The van der Waals surface area contributed by atoms with E-state index in [1.165, 1.54) is 4.31 Å². The van der Waals surface area contributed by atoms with Gasteiger partial charge in [-0.2, -0.15) is 4.31 Å². The number of halogens is 1. The molecule has 1 fully saturated rings. The summed E-state index contributed by atoms with van der Waals surface area (Å²) in [7, 11) is -3.44. The Labute approximate surface area is 173 Å². The Kier molecular flexibility index (Phi) is 5.84. The quantitative estimate of drug-likeness (QED) is 0.637. The number of morpholine rings is 1. The monoisotopic (exact) mass is 437 g/mol. The maximum atomic E-state index is 12.6. The van der Waals surface area contributed by atoms with Crippen LogP contribution < -0.4 is 5.32 Å². The number of aromatic nitrogens is 1. The first-order chi connectivity index (χ1) is 13.5. The summed E-state index contributed by atoms with van der Waals surface area (Å²) in [5, 5.41) is 4.88. The Morgan fingerprint density at radius 1 is 1.14 bits per heavy atom. The van der Waals surface area contributed by atoms with Gasteiger partial charge in [0, 0.05) is 24.7 Å². The van der Waals surface area contributed by atoms with Crippen molar-refractivity contribution in [2.24, 2.45) is 0 Å². The van der Waals surface area contributed by atoms with E-state index >= 15 is 0 Å². The van der Waals surface area contributed by atoms with E-state index < -0.39 is 10.0 Å². The lowest BCUT2D eigenvalue weighted by Gasteiger charge is -2.26. The van der Waals surface area contributed by atoms with Gasteiger partial charge in [0.25, 0.3) is 0 Å². The van der Waals surface area contributed by atoms with Gasteiger partial charge in [0.2, 0.25) is 10.0 Å². The number of anilines is 1. The van der Waals surface area contributed by atoms with Gasteiger partial charge in [-0.1, -0.05) is 35.1 Å². The summed E-state index contributed by atoms with van der Waals surface area (Å²) < 4.78 is 33.1. The normalized spacial score (nSPS) is 15.8. The summed E-state index contributed by atoms with van der Waals surface area (Å²) in [5.74, 6) is 0. The van der Waals surface area contributed by atoms with Crippen LogP contribution in [0.4, 0.5) is 5.13 Å². The van der Waals surface area contributed by atoms with E-state index in [0.717, 1.165) is 27.3 Å². The standard InChI is InChI=1S/C19H20ClN3O3S2/c20-15-3-6-17-18(13-15)27-19(22-17)21-8-7-14-1-4-16(5-2-14)28(24,25)23-9-11-26-12-10-23/h1-6,13H,7-12H2,(H,21,22). The lowest BCUT2D eigenvalue weighted by Crippen LogP contribution is -2.40. The molecule has 28 heavy (non-hydrogen) atoms. The maximum absolute atomic E-state index is 12.6. The Morgan fingerprint density at radius 3 is 2.64 bits per heavy atom. The lowest BCUT2D eigenvalue weighted by molar-refractivity contribution is 0.0730. The van der Waals surface area contributed by atoms with Crippen LogP contribution in [-0.2, 0) is 21.2 Å². The highest BCUT2D eigenvalue weighted by Gasteiger charge is 2.25. The van der Waals surface area contributed by atoms with Crippen molar-refractivity contribution >= 4 is 48.3 Å². The Morgan fingerprint density at radius 2 is 1.89 bits per heavy atom. The Bertz CT molecular complexity index is 1060. The van der Waals surface area contributed by atoms with E-state index in [0.29, 0.717) is 42.8 Å². The second-order valence-corrected chi connectivity index (χ2v) is 9.87. The third kappa shape index (κ3) is 4.31. The number of ether oxygens (including phenoxy) is 1. The molecule has 4 rings (SSSR count). The summed E-state index contributed by atoms with van der Waals surface area (Å²) in [6, 6.07) is 12.8. The molecular weight excluding hydrogens is 418 g/mol. The first-order valence-electron chi connectivity index (χ1n) is 8.99.